The minimum absolute atomic E-state index is 0.126. The van der Waals surface area contributed by atoms with Crippen molar-refractivity contribution in [2.75, 3.05) is 4.90 Å². The Morgan fingerprint density at radius 2 is 1.22 bits per heavy atom. The maximum absolute atomic E-state index is 12.8. The molecule has 1 aliphatic heterocycles. The normalized spacial score (nSPS) is 16.6. The molecule has 2 aromatic rings. The van der Waals surface area contributed by atoms with Crippen molar-refractivity contribution in [3.05, 3.63) is 64.7 Å². The fourth-order valence-corrected chi connectivity index (χ4v) is 3.16. The summed E-state index contributed by atoms with van der Waals surface area (Å²) in [5, 5.41) is 0. The zero-order chi connectivity index (χ0) is 16.1. The molecule has 0 N–H and O–H groups in total. The third-order valence-electron chi connectivity index (χ3n) is 4.22. The number of hydrogen-bond donors (Lipinski definition) is 0. The Balaban J connectivity index is 1.98. The predicted molar refractivity (Wildman–Crippen MR) is 81.5 cm³/mol. The van der Waals surface area contributed by atoms with E-state index in [4.69, 9.17) is 0 Å². The number of nitrogens with zero attached hydrogens (tertiary/aromatic N) is 1. The second-order valence-electron chi connectivity index (χ2n) is 5.53. The van der Waals surface area contributed by atoms with Crippen molar-refractivity contribution in [3.63, 3.8) is 0 Å². The van der Waals surface area contributed by atoms with Crippen molar-refractivity contribution in [3.8, 4) is 0 Å². The number of amides is 2. The van der Waals surface area contributed by atoms with Crippen LogP contribution >= 0.6 is 0 Å². The van der Waals surface area contributed by atoms with Gasteiger partial charge in [0.1, 0.15) is 0 Å². The van der Waals surface area contributed by atoms with Crippen LogP contribution in [-0.4, -0.2) is 23.4 Å². The molecule has 112 valence electrons. The van der Waals surface area contributed by atoms with Crippen LogP contribution in [0.2, 0.25) is 0 Å². The molecule has 2 aromatic carbocycles. The van der Waals surface area contributed by atoms with Crippen LogP contribution in [-0.2, 0) is 9.59 Å². The SMILES string of the molecule is O=C1c2ccccc2C(=O)c2c1cccc2N1C(=O)CCC1=O. The molecule has 2 aliphatic rings. The van der Waals surface area contributed by atoms with Crippen molar-refractivity contribution in [1.29, 1.82) is 0 Å². The fraction of sp³-hybridized carbons (Fsp3) is 0.111. The average Bonchev–Trinajstić information content (AvgIpc) is 2.90. The van der Waals surface area contributed by atoms with Crippen molar-refractivity contribution in [1.82, 2.24) is 0 Å². The van der Waals surface area contributed by atoms with Gasteiger partial charge in [0.05, 0.1) is 11.3 Å². The second kappa shape index (κ2) is 4.71. The number of hydrogen-bond acceptors (Lipinski definition) is 4. The summed E-state index contributed by atoms with van der Waals surface area (Å²) in [5.41, 5.74) is 1.24. The summed E-state index contributed by atoms with van der Waals surface area (Å²) >= 11 is 0. The number of benzene rings is 2. The van der Waals surface area contributed by atoms with Crippen molar-refractivity contribution < 1.29 is 19.2 Å². The first kappa shape index (κ1) is 13.6. The molecule has 1 saturated heterocycles. The zero-order valence-electron chi connectivity index (χ0n) is 12.0. The third kappa shape index (κ3) is 1.80. The lowest BCUT2D eigenvalue weighted by molar-refractivity contribution is -0.121. The maximum atomic E-state index is 12.8. The molecule has 23 heavy (non-hydrogen) atoms. The number of carbonyl (C=O) groups excluding carboxylic acids is 4. The average molecular weight is 305 g/mol. The summed E-state index contributed by atoms with van der Waals surface area (Å²) in [5.74, 6) is -1.29. The Labute approximate surface area is 131 Å². The molecule has 0 aromatic heterocycles. The zero-order valence-corrected chi connectivity index (χ0v) is 12.0. The van der Waals surface area contributed by atoms with Crippen LogP contribution in [0.15, 0.2) is 42.5 Å². The van der Waals surface area contributed by atoms with Gasteiger partial charge >= 0.3 is 0 Å². The molecule has 0 saturated carbocycles. The van der Waals surface area contributed by atoms with Gasteiger partial charge in [0, 0.05) is 29.5 Å². The minimum atomic E-state index is -0.345. The summed E-state index contributed by atoms with van der Waals surface area (Å²) in [6.07, 6.45) is 0.252. The number of fused-ring (bicyclic) bond motifs is 2. The Hall–Kier alpha value is -3.08. The second-order valence-corrected chi connectivity index (χ2v) is 5.53. The van der Waals surface area contributed by atoms with E-state index in [1.807, 2.05) is 0 Å². The van der Waals surface area contributed by atoms with Crippen LogP contribution in [0.5, 0.6) is 0 Å². The van der Waals surface area contributed by atoms with Crippen LogP contribution in [0.4, 0.5) is 5.69 Å². The topological polar surface area (TPSA) is 71.5 Å². The first-order valence-electron chi connectivity index (χ1n) is 7.27. The third-order valence-corrected chi connectivity index (χ3v) is 4.22. The molecule has 2 amide bonds. The molecule has 1 aliphatic carbocycles. The summed E-state index contributed by atoms with van der Waals surface area (Å²) < 4.78 is 0. The molecule has 0 radical (unpaired) electrons. The molecule has 1 heterocycles. The summed E-state index contributed by atoms with van der Waals surface area (Å²) in [6.45, 7) is 0. The van der Waals surface area contributed by atoms with Gasteiger partial charge in [-0.2, -0.15) is 0 Å². The minimum Gasteiger partial charge on any atom is -0.289 e. The highest BCUT2D eigenvalue weighted by Crippen LogP contribution is 2.35. The summed E-state index contributed by atoms with van der Waals surface area (Å²) in [6, 6.07) is 11.3. The fourth-order valence-electron chi connectivity index (χ4n) is 3.16. The van der Waals surface area contributed by atoms with Gasteiger partial charge < -0.3 is 0 Å². The summed E-state index contributed by atoms with van der Waals surface area (Å²) in [4.78, 5) is 50.5. The highest BCUT2D eigenvalue weighted by Gasteiger charge is 2.37. The molecule has 5 heteroatoms. The van der Waals surface area contributed by atoms with Gasteiger partial charge in [-0.1, -0.05) is 36.4 Å². The van der Waals surface area contributed by atoms with Crippen molar-refractivity contribution in [2.45, 2.75) is 12.8 Å². The van der Waals surface area contributed by atoms with Gasteiger partial charge in [0.25, 0.3) is 0 Å². The molecule has 0 bridgehead atoms. The Morgan fingerprint density at radius 3 is 1.87 bits per heavy atom. The van der Waals surface area contributed by atoms with Crippen molar-refractivity contribution in [2.24, 2.45) is 0 Å². The van der Waals surface area contributed by atoms with Crippen LogP contribution in [0.25, 0.3) is 0 Å². The lowest BCUT2D eigenvalue weighted by Crippen LogP contribution is -2.32. The number of ketones is 2. The smallest absolute Gasteiger partial charge is 0.234 e. The van der Waals surface area contributed by atoms with Gasteiger partial charge in [-0.05, 0) is 6.07 Å². The Bertz CT molecular complexity index is 897. The molecule has 0 atom stereocenters. The standard InChI is InChI=1S/C18H11NO4/c20-14-8-9-15(21)19(14)13-7-3-6-12-16(13)18(23)11-5-2-1-4-10(11)17(12)22/h1-7H,8-9H2. The molecule has 0 spiro atoms. The Kier molecular flexibility index (Phi) is 2.78. The van der Waals surface area contributed by atoms with E-state index < -0.39 is 0 Å². The van der Waals surface area contributed by atoms with Gasteiger partial charge in [0.2, 0.25) is 11.8 Å². The van der Waals surface area contributed by atoms with Crippen LogP contribution in [0.3, 0.4) is 0 Å². The van der Waals surface area contributed by atoms with Gasteiger partial charge in [-0.3, -0.25) is 19.2 Å². The van der Waals surface area contributed by atoms with Crippen molar-refractivity contribution >= 4 is 29.1 Å². The van der Waals surface area contributed by atoms with E-state index in [9.17, 15) is 19.2 Å². The monoisotopic (exact) mass is 305 g/mol. The van der Waals surface area contributed by atoms with E-state index in [1.165, 1.54) is 0 Å². The van der Waals surface area contributed by atoms with E-state index in [2.05, 4.69) is 0 Å². The number of imide groups is 1. The van der Waals surface area contributed by atoms with Crippen LogP contribution in [0.1, 0.15) is 44.7 Å². The number of rotatable bonds is 1. The summed E-state index contributed by atoms with van der Waals surface area (Å²) in [7, 11) is 0. The molecule has 1 fully saturated rings. The molecule has 5 nitrogen and oxygen atoms in total. The molecular weight excluding hydrogens is 294 g/mol. The predicted octanol–water partition coefficient (Wildman–Crippen LogP) is 2.12. The Morgan fingerprint density at radius 1 is 0.652 bits per heavy atom. The first-order valence-corrected chi connectivity index (χ1v) is 7.27. The largest absolute Gasteiger partial charge is 0.289 e. The van der Waals surface area contributed by atoms with E-state index in [0.717, 1.165) is 4.90 Å². The maximum Gasteiger partial charge on any atom is 0.234 e. The van der Waals surface area contributed by atoms with E-state index in [-0.39, 0.29) is 53.0 Å². The highest BCUT2D eigenvalue weighted by molar-refractivity contribution is 6.32. The molecular formula is C18H11NO4. The lowest BCUT2D eigenvalue weighted by Gasteiger charge is -2.23. The van der Waals surface area contributed by atoms with Gasteiger partial charge in [0.15, 0.2) is 11.6 Å². The molecule has 4 rings (SSSR count). The van der Waals surface area contributed by atoms with Gasteiger partial charge in [-0.25, -0.2) is 4.90 Å². The van der Waals surface area contributed by atoms with Crippen LogP contribution in [0, 0.1) is 0 Å². The highest BCUT2D eigenvalue weighted by atomic mass is 16.2. The quantitative estimate of drug-likeness (QED) is 0.646. The number of carbonyl (C=O) groups is 4. The van der Waals surface area contributed by atoms with Gasteiger partial charge in [-0.15, -0.1) is 0 Å². The van der Waals surface area contributed by atoms with Crippen LogP contribution < -0.4 is 4.90 Å². The molecule has 0 unspecified atom stereocenters. The van der Waals surface area contributed by atoms with E-state index in [1.54, 1.807) is 42.5 Å². The van der Waals surface area contributed by atoms with E-state index in [0.29, 0.717) is 11.1 Å². The number of anilines is 1. The van der Waals surface area contributed by atoms with E-state index >= 15 is 0 Å². The first-order chi connectivity index (χ1) is 11.1. The lowest BCUT2D eigenvalue weighted by atomic mass is 9.83.